The number of aromatic nitrogens is 2. The summed E-state index contributed by atoms with van der Waals surface area (Å²) in [6, 6.07) is 12.6. The molecule has 1 heterocycles. The van der Waals surface area contributed by atoms with Crippen molar-refractivity contribution in [3.8, 4) is 11.8 Å². The molecule has 4 rings (SSSR count). The third kappa shape index (κ3) is 3.49. The fraction of sp³-hybridized carbons (Fsp3) is 0.450. The molecule has 1 N–H and O–H groups in total. The van der Waals surface area contributed by atoms with E-state index in [4.69, 9.17) is 0 Å². The van der Waals surface area contributed by atoms with Gasteiger partial charge in [0.2, 0.25) is 5.91 Å². The smallest absolute Gasteiger partial charge is 0.239 e. The van der Waals surface area contributed by atoms with Crippen LogP contribution in [0.4, 0.5) is 5.82 Å². The molecule has 0 radical (unpaired) electrons. The van der Waals surface area contributed by atoms with Gasteiger partial charge in [0.15, 0.2) is 5.82 Å². The fourth-order valence-corrected chi connectivity index (χ4v) is 3.51. The Hall–Kier alpha value is -2.65. The highest BCUT2D eigenvalue weighted by molar-refractivity contribution is 5.93. The summed E-state index contributed by atoms with van der Waals surface area (Å²) in [5.41, 5.74) is 1.19. The molecule has 1 aromatic heterocycles. The van der Waals surface area contributed by atoms with Crippen LogP contribution in [-0.4, -0.2) is 39.2 Å². The molecular formula is C20H23N5O. The summed E-state index contributed by atoms with van der Waals surface area (Å²) in [6.45, 7) is 2.60. The lowest BCUT2D eigenvalue weighted by atomic mass is 10.1. The summed E-state index contributed by atoms with van der Waals surface area (Å²) in [5.74, 6) is 1.09. The van der Waals surface area contributed by atoms with Crippen LogP contribution in [0.5, 0.6) is 0 Å². The van der Waals surface area contributed by atoms with Gasteiger partial charge in [-0.2, -0.15) is 10.4 Å². The first-order valence-corrected chi connectivity index (χ1v) is 9.26. The van der Waals surface area contributed by atoms with Crippen LogP contribution in [0.25, 0.3) is 5.69 Å². The number of benzene rings is 1. The molecule has 2 saturated carbocycles. The predicted molar refractivity (Wildman–Crippen MR) is 98.8 cm³/mol. The SMILES string of the molecule is C[C@@H](C1CC1)N(CC(=O)Nc1c(C#N)cnn1-c1ccccc1)C1CC1. The van der Waals surface area contributed by atoms with Crippen molar-refractivity contribution in [3.63, 3.8) is 0 Å². The summed E-state index contributed by atoms with van der Waals surface area (Å²) >= 11 is 0. The van der Waals surface area contributed by atoms with Crippen molar-refractivity contribution < 1.29 is 4.79 Å². The topological polar surface area (TPSA) is 74.0 Å². The first kappa shape index (κ1) is 16.8. The van der Waals surface area contributed by atoms with Gasteiger partial charge in [-0.05, 0) is 50.7 Å². The van der Waals surface area contributed by atoms with Crippen LogP contribution in [0.1, 0.15) is 38.2 Å². The summed E-state index contributed by atoms with van der Waals surface area (Å²) in [5, 5.41) is 16.6. The molecular weight excluding hydrogens is 326 g/mol. The number of carbonyl (C=O) groups is 1. The molecule has 6 nitrogen and oxygen atoms in total. The molecule has 0 unspecified atom stereocenters. The minimum Gasteiger partial charge on any atom is -0.308 e. The van der Waals surface area contributed by atoms with Gasteiger partial charge in [0.25, 0.3) is 0 Å². The number of nitrogens with zero attached hydrogens (tertiary/aromatic N) is 4. The van der Waals surface area contributed by atoms with Crippen molar-refractivity contribution in [2.24, 2.45) is 5.92 Å². The van der Waals surface area contributed by atoms with E-state index in [1.807, 2.05) is 30.3 Å². The number of anilines is 1. The Balaban J connectivity index is 1.52. The zero-order valence-electron chi connectivity index (χ0n) is 14.9. The van der Waals surface area contributed by atoms with Crippen LogP contribution in [0.3, 0.4) is 0 Å². The lowest BCUT2D eigenvalue weighted by Gasteiger charge is -2.28. The Morgan fingerprint density at radius 1 is 1.35 bits per heavy atom. The first-order chi connectivity index (χ1) is 12.7. The van der Waals surface area contributed by atoms with Gasteiger partial charge in [-0.15, -0.1) is 0 Å². The van der Waals surface area contributed by atoms with Gasteiger partial charge in [0, 0.05) is 12.1 Å². The molecule has 0 aliphatic heterocycles. The molecule has 2 aliphatic rings. The third-order valence-electron chi connectivity index (χ3n) is 5.32. The van der Waals surface area contributed by atoms with Crippen LogP contribution in [-0.2, 0) is 4.79 Å². The average Bonchev–Trinajstić information content (AvgIpc) is 3.57. The van der Waals surface area contributed by atoms with Crippen LogP contribution >= 0.6 is 0 Å². The minimum atomic E-state index is -0.0846. The van der Waals surface area contributed by atoms with E-state index in [2.05, 4.69) is 28.3 Å². The number of para-hydroxylation sites is 1. The molecule has 26 heavy (non-hydrogen) atoms. The van der Waals surface area contributed by atoms with Crippen molar-refractivity contribution in [1.29, 1.82) is 5.26 Å². The zero-order chi connectivity index (χ0) is 18.1. The largest absolute Gasteiger partial charge is 0.308 e. The van der Waals surface area contributed by atoms with E-state index in [0.717, 1.165) is 11.6 Å². The molecule has 1 aromatic carbocycles. The lowest BCUT2D eigenvalue weighted by Crippen LogP contribution is -2.42. The van der Waals surface area contributed by atoms with Crippen molar-refractivity contribution in [2.75, 3.05) is 11.9 Å². The van der Waals surface area contributed by atoms with Gasteiger partial charge >= 0.3 is 0 Å². The summed E-state index contributed by atoms with van der Waals surface area (Å²) < 4.78 is 1.61. The highest BCUT2D eigenvalue weighted by Crippen LogP contribution is 2.39. The van der Waals surface area contributed by atoms with Crippen molar-refractivity contribution >= 4 is 11.7 Å². The second-order valence-corrected chi connectivity index (χ2v) is 7.30. The predicted octanol–water partition coefficient (Wildman–Crippen LogP) is 2.95. The normalized spacial score (nSPS) is 17.7. The van der Waals surface area contributed by atoms with Crippen LogP contribution in [0, 0.1) is 17.2 Å². The van der Waals surface area contributed by atoms with Crippen LogP contribution in [0.2, 0.25) is 0 Å². The van der Waals surface area contributed by atoms with Gasteiger partial charge in [-0.25, -0.2) is 4.68 Å². The second-order valence-electron chi connectivity index (χ2n) is 7.30. The number of nitrogens with one attached hydrogen (secondary N) is 1. The van der Waals surface area contributed by atoms with E-state index in [1.165, 1.54) is 31.9 Å². The summed E-state index contributed by atoms with van der Waals surface area (Å²) in [7, 11) is 0. The highest BCUT2D eigenvalue weighted by Gasteiger charge is 2.39. The molecule has 6 heteroatoms. The molecule has 134 valence electrons. The summed E-state index contributed by atoms with van der Waals surface area (Å²) in [4.78, 5) is 15.1. The quantitative estimate of drug-likeness (QED) is 0.834. The number of hydrogen-bond donors (Lipinski definition) is 1. The standard InChI is InChI=1S/C20H23N5O/c1-14(15-7-8-15)24(17-9-10-17)13-19(26)23-20-16(11-21)12-22-25(20)18-5-3-2-4-6-18/h2-6,12,14-15,17H,7-10,13H2,1H3,(H,23,26)/t14-/m0/s1. The van der Waals surface area contributed by atoms with E-state index in [9.17, 15) is 10.1 Å². The van der Waals surface area contributed by atoms with E-state index in [-0.39, 0.29) is 5.91 Å². The van der Waals surface area contributed by atoms with Crippen LogP contribution < -0.4 is 5.32 Å². The van der Waals surface area contributed by atoms with Crippen molar-refractivity contribution in [2.45, 2.75) is 44.7 Å². The summed E-state index contributed by atoms with van der Waals surface area (Å²) in [6.07, 6.45) is 6.39. The number of hydrogen-bond acceptors (Lipinski definition) is 4. The number of carbonyl (C=O) groups excluding carboxylic acids is 1. The lowest BCUT2D eigenvalue weighted by molar-refractivity contribution is -0.118. The Kier molecular flexibility index (Phi) is 4.48. The van der Waals surface area contributed by atoms with E-state index < -0.39 is 0 Å². The van der Waals surface area contributed by atoms with Gasteiger partial charge in [0.05, 0.1) is 18.4 Å². The molecule has 2 fully saturated rings. The maximum Gasteiger partial charge on any atom is 0.239 e. The van der Waals surface area contributed by atoms with Gasteiger partial charge in [-0.1, -0.05) is 18.2 Å². The molecule has 2 aliphatic carbocycles. The molecule has 0 spiro atoms. The Morgan fingerprint density at radius 2 is 2.08 bits per heavy atom. The van der Waals surface area contributed by atoms with Crippen molar-refractivity contribution in [1.82, 2.24) is 14.7 Å². The molecule has 0 bridgehead atoms. The first-order valence-electron chi connectivity index (χ1n) is 9.26. The monoisotopic (exact) mass is 349 g/mol. The highest BCUT2D eigenvalue weighted by atomic mass is 16.2. The second kappa shape index (κ2) is 6.93. The Morgan fingerprint density at radius 3 is 2.69 bits per heavy atom. The third-order valence-corrected chi connectivity index (χ3v) is 5.32. The average molecular weight is 349 g/mol. The fourth-order valence-electron chi connectivity index (χ4n) is 3.51. The van der Waals surface area contributed by atoms with Gasteiger partial charge < -0.3 is 5.32 Å². The maximum atomic E-state index is 12.7. The molecule has 1 amide bonds. The van der Waals surface area contributed by atoms with E-state index in [0.29, 0.717) is 30.0 Å². The molecule has 0 saturated heterocycles. The van der Waals surface area contributed by atoms with Gasteiger partial charge in [0.1, 0.15) is 11.6 Å². The Bertz CT molecular complexity index is 830. The number of nitriles is 1. The molecule has 2 aromatic rings. The number of rotatable bonds is 7. The maximum absolute atomic E-state index is 12.7. The number of amides is 1. The zero-order valence-corrected chi connectivity index (χ0v) is 14.9. The van der Waals surface area contributed by atoms with E-state index >= 15 is 0 Å². The van der Waals surface area contributed by atoms with Gasteiger partial charge in [-0.3, -0.25) is 9.69 Å². The molecule has 1 atom stereocenters. The van der Waals surface area contributed by atoms with Crippen LogP contribution in [0.15, 0.2) is 36.5 Å². The van der Waals surface area contributed by atoms with E-state index in [1.54, 1.807) is 4.68 Å². The Labute approximate surface area is 153 Å². The minimum absolute atomic E-state index is 0.0846. The van der Waals surface area contributed by atoms with Crippen molar-refractivity contribution in [3.05, 3.63) is 42.1 Å².